The van der Waals surface area contributed by atoms with Gasteiger partial charge in [-0.2, -0.15) is 0 Å². The van der Waals surface area contributed by atoms with Crippen LogP contribution in [0.25, 0.3) is 4.85 Å². The minimum Gasteiger partial charge on any atom is -0.307 e. The standard InChI is InChI=1S/C32H47NO2/c1-10-32-15-13-27(2,3)18-20(32)25-22(34)17-24-29(6)19-21(33-9)26(35)28(4,5)23(29)11-12-30(24,7)31(25,8)14-16-32/h19-20,23-25H,10-18H2,1-8H3/t20-,23?,24+,25-,29-,30+,31+,32+/m0/s1. The first-order valence-electron chi connectivity index (χ1n) is 14.3. The zero-order chi connectivity index (χ0) is 25.8. The van der Waals surface area contributed by atoms with Gasteiger partial charge in [0.05, 0.1) is 6.57 Å². The number of carbonyl (C=O) groups is 2. The zero-order valence-corrected chi connectivity index (χ0v) is 23.5. The van der Waals surface area contributed by atoms with Crippen molar-refractivity contribution in [3.8, 4) is 0 Å². The lowest BCUT2D eigenvalue weighted by atomic mass is 9.31. The molecule has 0 saturated heterocycles. The summed E-state index contributed by atoms with van der Waals surface area (Å²) in [7, 11) is 0. The molecular weight excluding hydrogens is 430 g/mol. The average molecular weight is 478 g/mol. The monoisotopic (exact) mass is 477 g/mol. The van der Waals surface area contributed by atoms with Crippen LogP contribution in [0.15, 0.2) is 11.8 Å². The molecule has 0 heterocycles. The Hall–Kier alpha value is -1.43. The fourth-order valence-corrected chi connectivity index (χ4v) is 11.0. The quantitative estimate of drug-likeness (QED) is 0.358. The van der Waals surface area contributed by atoms with E-state index in [4.69, 9.17) is 6.57 Å². The summed E-state index contributed by atoms with van der Waals surface area (Å²) in [5, 5.41) is 0. The fraction of sp³-hybridized carbons (Fsp3) is 0.844. The van der Waals surface area contributed by atoms with E-state index >= 15 is 0 Å². The lowest BCUT2D eigenvalue weighted by molar-refractivity contribution is -0.223. The maximum absolute atomic E-state index is 14.4. The molecule has 0 aliphatic heterocycles. The third kappa shape index (κ3) is 3.01. The highest BCUT2D eigenvalue weighted by Gasteiger charge is 2.71. The van der Waals surface area contributed by atoms with Crippen LogP contribution in [0.1, 0.15) is 113 Å². The number of hydrogen-bond donors (Lipinski definition) is 0. The zero-order valence-electron chi connectivity index (χ0n) is 23.5. The lowest BCUT2D eigenvalue weighted by Gasteiger charge is -2.72. The van der Waals surface area contributed by atoms with E-state index in [1.165, 1.54) is 32.1 Å². The molecule has 8 atom stereocenters. The molecule has 3 nitrogen and oxygen atoms in total. The number of ketones is 2. The minimum absolute atomic E-state index is 0.000338. The summed E-state index contributed by atoms with van der Waals surface area (Å²) in [4.78, 5) is 31.3. The van der Waals surface area contributed by atoms with Crippen molar-refractivity contribution in [1.82, 2.24) is 0 Å². The smallest absolute Gasteiger partial charge is 0.226 e. The van der Waals surface area contributed by atoms with Gasteiger partial charge in [-0.25, -0.2) is 4.85 Å². The van der Waals surface area contributed by atoms with Gasteiger partial charge in [0.2, 0.25) is 5.70 Å². The van der Waals surface area contributed by atoms with Crippen LogP contribution in [0.5, 0.6) is 0 Å². The van der Waals surface area contributed by atoms with E-state index in [0.717, 1.165) is 19.3 Å². The maximum atomic E-state index is 14.4. The van der Waals surface area contributed by atoms with Crippen LogP contribution in [-0.2, 0) is 9.59 Å². The van der Waals surface area contributed by atoms with E-state index in [1.54, 1.807) is 0 Å². The van der Waals surface area contributed by atoms with Crippen LogP contribution in [0, 0.1) is 62.7 Å². The third-order valence-electron chi connectivity index (χ3n) is 13.3. The van der Waals surface area contributed by atoms with Crippen LogP contribution >= 0.6 is 0 Å². The molecule has 0 spiro atoms. The Bertz CT molecular complexity index is 1040. The summed E-state index contributed by atoms with van der Waals surface area (Å²) < 4.78 is 0. The molecule has 35 heavy (non-hydrogen) atoms. The maximum Gasteiger partial charge on any atom is 0.226 e. The van der Waals surface area contributed by atoms with Crippen LogP contribution in [-0.4, -0.2) is 11.6 Å². The first-order chi connectivity index (χ1) is 16.1. The van der Waals surface area contributed by atoms with Gasteiger partial charge >= 0.3 is 0 Å². The van der Waals surface area contributed by atoms with E-state index in [9.17, 15) is 9.59 Å². The molecule has 0 radical (unpaired) electrons. The number of carbonyl (C=O) groups excluding carboxylic acids is 2. The second kappa shape index (κ2) is 7.33. The van der Waals surface area contributed by atoms with Crippen molar-refractivity contribution < 1.29 is 9.59 Å². The summed E-state index contributed by atoms with van der Waals surface area (Å²) in [6, 6.07) is 0. The van der Waals surface area contributed by atoms with Crippen molar-refractivity contribution in [2.45, 2.75) is 113 Å². The Morgan fingerprint density at radius 1 is 0.914 bits per heavy atom. The van der Waals surface area contributed by atoms with Crippen LogP contribution < -0.4 is 0 Å². The Morgan fingerprint density at radius 2 is 1.57 bits per heavy atom. The summed E-state index contributed by atoms with van der Waals surface area (Å²) in [5.41, 5.74) is 0.122. The Labute approximate surface area is 213 Å². The summed E-state index contributed by atoms with van der Waals surface area (Å²) in [6.07, 6.45) is 12.1. The highest BCUT2D eigenvalue weighted by atomic mass is 16.1. The number of hydrogen-bond acceptors (Lipinski definition) is 2. The molecule has 0 aromatic carbocycles. The van der Waals surface area contributed by atoms with Gasteiger partial charge in [0.1, 0.15) is 5.78 Å². The van der Waals surface area contributed by atoms with Gasteiger partial charge in [-0.1, -0.05) is 67.9 Å². The Balaban J connectivity index is 1.63. The van der Waals surface area contributed by atoms with Crippen LogP contribution in [0.3, 0.4) is 0 Å². The number of Topliss-reactive ketones (excluding diaryl/α,β-unsaturated/α-hetero) is 2. The van der Waals surface area contributed by atoms with Crippen molar-refractivity contribution in [3.05, 3.63) is 23.2 Å². The van der Waals surface area contributed by atoms with Gasteiger partial charge in [-0.3, -0.25) is 4.79 Å². The van der Waals surface area contributed by atoms with E-state index in [1.807, 2.05) is 6.08 Å². The molecule has 3 heteroatoms. The highest BCUT2D eigenvalue weighted by molar-refractivity contribution is 6.02. The van der Waals surface area contributed by atoms with Gasteiger partial charge < -0.3 is 4.79 Å². The number of rotatable bonds is 1. The van der Waals surface area contributed by atoms with Gasteiger partial charge in [-0.05, 0) is 89.8 Å². The van der Waals surface area contributed by atoms with Crippen molar-refractivity contribution in [2.75, 3.05) is 0 Å². The Morgan fingerprint density at radius 3 is 2.20 bits per heavy atom. The van der Waals surface area contributed by atoms with Gasteiger partial charge in [0.15, 0.2) is 5.78 Å². The largest absolute Gasteiger partial charge is 0.307 e. The van der Waals surface area contributed by atoms with E-state index < -0.39 is 5.41 Å². The number of fused-ring (bicyclic) bond motifs is 7. The molecular formula is C32H47NO2. The third-order valence-corrected chi connectivity index (χ3v) is 13.3. The molecule has 4 fully saturated rings. The second-order valence-electron chi connectivity index (χ2n) is 15.4. The minimum atomic E-state index is -0.553. The van der Waals surface area contributed by atoms with Crippen molar-refractivity contribution in [2.24, 2.45) is 56.2 Å². The molecule has 0 amide bonds. The van der Waals surface area contributed by atoms with Crippen molar-refractivity contribution in [1.29, 1.82) is 0 Å². The number of allylic oxidation sites excluding steroid dienone is 2. The molecule has 5 rings (SSSR count). The molecule has 0 N–H and O–H groups in total. The molecule has 1 unspecified atom stereocenters. The van der Waals surface area contributed by atoms with Crippen LogP contribution in [0.4, 0.5) is 0 Å². The molecule has 0 bridgehead atoms. The van der Waals surface area contributed by atoms with Gasteiger partial charge in [0.25, 0.3) is 0 Å². The topological polar surface area (TPSA) is 38.5 Å². The predicted molar refractivity (Wildman–Crippen MR) is 140 cm³/mol. The Kier molecular flexibility index (Phi) is 5.28. The molecule has 4 saturated carbocycles. The molecule has 0 aromatic rings. The van der Waals surface area contributed by atoms with E-state index in [-0.39, 0.29) is 39.8 Å². The normalized spacial score (nSPS) is 50.1. The van der Waals surface area contributed by atoms with Crippen molar-refractivity contribution >= 4 is 11.6 Å². The SMILES string of the molecule is [C-]#[N+]C1=C[C@@]2(C)C(CC[C@]3(C)[C@@H]2CC(=O)[C@@H]2[C@@H]4CC(C)(C)CC[C@]4(CC)CC[C@]23C)C(C)(C)C1=O. The first-order valence-corrected chi connectivity index (χ1v) is 14.3. The number of nitrogens with zero attached hydrogens (tertiary/aromatic N) is 1. The van der Waals surface area contributed by atoms with Gasteiger partial charge in [0, 0.05) is 17.8 Å². The lowest BCUT2D eigenvalue weighted by Crippen LogP contribution is -2.68. The summed E-state index contributed by atoms with van der Waals surface area (Å²) in [5.74, 6) is 1.51. The van der Waals surface area contributed by atoms with Crippen LogP contribution in [0.2, 0.25) is 0 Å². The fourth-order valence-electron chi connectivity index (χ4n) is 11.0. The second-order valence-corrected chi connectivity index (χ2v) is 15.4. The summed E-state index contributed by atoms with van der Waals surface area (Å²) in [6.45, 7) is 26.3. The first kappa shape index (κ1) is 25.2. The molecule has 192 valence electrons. The van der Waals surface area contributed by atoms with E-state index in [2.05, 4.69) is 60.2 Å². The van der Waals surface area contributed by atoms with E-state index in [0.29, 0.717) is 34.6 Å². The predicted octanol–water partition coefficient (Wildman–Crippen LogP) is 8.05. The molecule has 0 aromatic heterocycles. The molecule has 5 aliphatic rings. The average Bonchev–Trinajstić information content (AvgIpc) is 2.77. The highest BCUT2D eigenvalue weighted by Crippen LogP contribution is 2.76. The van der Waals surface area contributed by atoms with Crippen molar-refractivity contribution in [3.63, 3.8) is 0 Å². The van der Waals surface area contributed by atoms with Gasteiger partial charge in [-0.15, -0.1) is 0 Å². The summed E-state index contributed by atoms with van der Waals surface area (Å²) >= 11 is 0. The molecule has 5 aliphatic carbocycles.